The van der Waals surface area contributed by atoms with E-state index in [-0.39, 0.29) is 6.04 Å². The molecule has 0 aromatic carbocycles. The topological polar surface area (TPSA) is 21.6 Å². The fourth-order valence-corrected chi connectivity index (χ4v) is 0.771. The number of hydrogen-bond donors (Lipinski definition) is 0. The minimum Gasteiger partial charge on any atom is -0.379 e. The molecule has 0 aromatic heterocycles. The molecule has 2 heteroatoms. The van der Waals surface area contributed by atoms with Gasteiger partial charge in [-0.05, 0) is 12.8 Å². The zero-order chi connectivity index (χ0) is 10.1. The molecule has 2 nitrogen and oxygen atoms in total. The van der Waals surface area contributed by atoms with E-state index in [0.29, 0.717) is 12.5 Å². The fourth-order valence-electron chi connectivity index (χ4n) is 0.771. The van der Waals surface area contributed by atoms with Crippen LogP contribution in [0.3, 0.4) is 0 Å². The third kappa shape index (κ3) is 7.55. The van der Waals surface area contributed by atoms with E-state index in [1.807, 2.05) is 6.92 Å². The van der Waals surface area contributed by atoms with Gasteiger partial charge in [0, 0.05) is 6.61 Å². The number of nitrogens with zero attached hydrogens (tertiary/aromatic N) is 1. The van der Waals surface area contributed by atoms with Crippen LogP contribution in [0, 0.1) is 18.3 Å². The highest BCUT2D eigenvalue weighted by molar-refractivity contribution is 5.77. The summed E-state index contributed by atoms with van der Waals surface area (Å²) in [6, 6.07) is 0.167. The molecule has 0 aromatic rings. The van der Waals surface area contributed by atoms with Crippen LogP contribution in [0.1, 0.15) is 27.2 Å². The molecule has 2 atom stereocenters. The Balaban J connectivity index is 3.43. The number of ether oxygens (including phenoxy) is 1. The highest BCUT2D eigenvalue weighted by Gasteiger charge is 2.01. The first-order chi connectivity index (χ1) is 6.20. The van der Waals surface area contributed by atoms with Gasteiger partial charge >= 0.3 is 0 Å². The Hall–Kier alpha value is -0.810. The van der Waals surface area contributed by atoms with Crippen LogP contribution in [0.2, 0.25) is 0 Å². The van der Waals surface area contributed by atoms with Gasteiger partial charge in [-0.2, -0.15) is 0 Å². The summed E-state index contributed by atoms with van der Waals surface area (Å²) in [5.74, 6) is 2.99. The van der Waals surface area contributed by atoms with Gasteiger partial charge in [0.25, 0.3) is 0 Å². The molecule has 2 unspecified atom stereocenters. The van der Waals surface area contributed by atoms with Crippen molar-refractivity contribution in [2.75, 3.05) is 13.2 Å². The Morgan fingerprint density at radius 2 is 2.15 bits per heavy atom. The number of hydrogen-bond acceptors (Lipinski definition) is 2. The zero-order valence-electron chi connectivity index (χ0n) is 8.79. The second-order valence-electron chi connectivity index (χ2n) is 3.34. The smallest absolute Gasteiger partial charge is 0.0712 e. The van der Waals surface area contributed by atoms with Gasteiger partial charge in [-0.1, -0.05) is 26.2 Å². The van der Waals surface area contributed by atoms with Crippen LogP contribution in [-0.2, 0) is 4.74 Å². The molecular weight excluding hydrogens is 162 g/mol. The molecule has 0 radical (unpaired) electrons. The molecule has 0 spiro atoms. The molecule has 0 rings (SSSR count). The lowest BCUT2D eigenvalue weighted by Gasteiger charge is -2.10. The highest BCUT2D eigenvalue weighted by atomic mass is 16.5. The molecule has 0 bridgehead atoms. The summed E-state index contributed by atoms with van der Waals surface area (Å²) in [5.41, 5.74) is 0. The van der Waals surface area contributed by atoms with Crippen molar-refractivity contribution in [1.29, 1.82) is 0 Å². The van der Waals surface area contributed by atoms with Crippen molar-refractivity contribution in [2.24, 2.45) is 10.9 Å². The van der Waals surface area contributed by atoms with Gasteiger partial charge in [0.1, 0.15) is 0 Å². The molecule has 0 fully saturated rings. The summed E-state index contributed by atoms with van der Waals surface area (Å²) in [5, 5.41) is 0. The van der Waals surface area contributed by atoms with Gasteiger partial charge < -0.3 is 4.74 Å². The number of rotatable bonds is 6. The second-order valence-corrected chi connectivity index (χ2v) is 3.34. The number of aliphatic imine (C=N–C) groups is 1. The van der Waals surface area contributed by atoms with Crippen LogP contribution in [0.5, 0.6) is 0 Å². The van der Waals surface area contributed by atoms with Crippen molar-refractivity contribution in [3.63, 3.8) is 0 Å². The van der Waals surface area contributed by atoms with Crippen LogP contribution in [-0.4, -0.2) is 25.5 Å². The van der Waals surface area contributed by atoms with Crippen molar-refractivity contribution in [1.82, 2.24) is 0 Å². The van der Waals surface area contributed by atoms with E-state index in [0.717, 1.165) is 13.0 Å². The van der Waals surface area contributed by atoms with Crippen LogP contribution >= 0.6 is 0 Å². The van der Waals surface area contributed by atoms with E-state index in [9.17, 15) is 0 Å². The average Bonchev–Trinajstić information content (AvgIpc) is 2.14. The minimum atomic E-state index is 0.167. The van der Waals surface area contributed by atoms with Gasteiger partial charge in [0.15, 0.2) is 0 Å². The molecule has 0 saturated heterocycles. The van der Waals surface area contributed by atoms with Crippen LogP contribution in [0.15, 0.2) is 4.99 Å². The monoisotopic (exact) mass is 181 g/mol. The van der Waals surface area contributed by atoms with E-state index in [2.05, 4.69) is 24.8 Å². The predicted molar refractivity (Wildman–Crippen MR) is 57.1 cm³/mol. The summed E-state index contributed by atoms with van der Waals surface area (Å²) < 4.78 is 5.46. The maximum Gasteiger partial charge on any atom is 0.0712 e. The molecule has 74 valence electrons. The Kier molecular flexibility index (Phi) is 7.33. The molecule has 0 amide bonds. The summed E-state index contributed by atoms with van der Waals surface area (Å²) in [6.07, 6.45) is 7.67. The second kappa shape index (κ2) is 7.82. The van der Waals surface area contributed by atoms with Crippen molar-refractivity contribution in [2.45, 2.75) is 33.2 Å². The molecule has 0 N–H and O–H groups in total. The summed E-state index contributed by atoms with van der Waals surface area (Å²) in [6.45, 7) is 7.79. The summed E-state index contributed by atoms with van der Waals surface area (Å²) in [4.78, 5) is 4.08. The van der Waals surface area contributed by atoms with E-state index in [1.165, 1.54) is 6.21 Å². The molecule has 0 aliphatic carbocycles. The molecule has 13 heavy (non-hydrogen) atoms. The first-order valence-electron chi connectivity index (χ1n) is 4.76. The van der Waals surface area contributed by atoms with E-state index in [1.54, 1.807) is 0 Å². The molecule has 0 aliphatic rings. The third-order valence-electron chi connectivity index (χ3n) is 1.86. The standard InChI is InChI=1S/C11H19NO/c1-5-7-12-11(4)9-13-8-10(3)6-2/h1,7,10-11H,6,8-9H2,2-4H3/b12-7-. The molecule has 0 heterocycles. The van der Waals surface area contributed by atoms with Crippen molar-refractivity contribution >= 4 is 6.21 Å². The first kappa shape index (κ1) is 12.2. The Labute approximate surface area is 81.4 Å². The highest BCUT2D eigenvalue weighted by Crippen LogP contribution is 2.01. The lowest BCUT2D eigenvalue weighted by molar-refractivity contribution is 0.0960. The minimum absolute atomic E-state index is 0.167. The Bertz CT molecular complexity index is 181. The fraction of sp³-hybridized carbons (Fsp3) is 0.727. The van der Waals surface area contributed by atoms with E-state index in [4.69, 9.17) is 11.2 Å². The van der Waals surface area contributed by atoms with Crippen LogP contribution in [0.25, 0.3) is 0 Å². The van der Waals surface area contributed by atoms with Crippen molar-refractivity contribution < 1.29 is 4.74 Å². The number of terminal acetylenes is 1. The van der Waals surface area contributed by atoms with Crippen LogP contribution < -0.4 is 0 Å². The van der Waals surface area contributed by atoms with E-state index >= 15 is 0 Å². The molecule has 0 aliphatic heterocycles. The van der Waals surface area contributed by atoms with Gasteiger partial charge in [-0.3, -0.25) is 4.99 Å². The Morgan fingerprint density at radius 3 is 2.69 bits per heavy atom. The summed E-state index contributed by atoms with van der Waals surface area (Å²) >= 11 is 0. The molecule has 0 saturated carbocycles. The van der Waals surface area contributed by atoms with E-state index < -0.39 is 0 Å². The lowest BCUT2D eigenvalue weighted by atomic mass is 10.1. The lowest BCUT2D eigenvalue weighted by Crippen LogP contribution is -2.13. The molecular formula is C11H19NO. The average molecular weight is 181 g/mol. The van der Waals surface area contributed by atoms with Crippen molar-refractivity contribution in [3.8, 4) is 12.3 Å². The third-order valence-corrected chi connectivity index (χ3v) is 1.86. The van der Waals surface area contributed by atoms with Gasteiger partial charge in [0.2, 0.25) is 0 Å². The Morgan fingerprint density at radius 1 is 1.46 bits per heavy atom. The quantitative estimate of drug-likeness (QED) is 0.454. The maximum absolute atomic E-state index is 5.46. The first-order valence-corrected chi connectivity index (χ1v) is 4.76. The summed E-state index contributed by atoms with van der Waals surface area (Å²) in [7, 11) is 0. The zero-order valence-corrected chi connectivity index (χ0v) is 8.79. The normalized spacial score (nSPS) is 15.5. The van der Waals surface area contributed by atoms with Crippen LogP contribution in [0.4, 0.5) is 0 Å². The van der Waals surface area contributed by atoms with Gasteiger partial charge in [-0.15, -0.1) is 6.42 Å². The van der Waals surface area contributed by atoms with Gasteiger partial charge in [-0.25, -0.2) is 0 Å². The SMILES string of the molecule is C#C/C=N\C(C)COCC(C)CC. The largest absolute Gasteiger partial charge is 0.379 e. The maximum atomic E-state index is 5.46. The van der Waals surface area contributed by atoms with Gasteiger partial charge in [0.05, 0.1) is 18.9 Å². The predicted octanol–water partition coefficient (Wildman–Crippen LogP) is 2.14. The van der Waals surface area contributed by atoms with Crippen molar-refractivity contribution in [3.05, 3.63) is 0 Å².